The van der Waals surface area contributed by atoms with Gasteiger partial charge in [0.25, 0.3) is 0 Å². The van der Waals surface area contributed by atoms with Gasteiger partial charge in [-0.2, -0.15) is 0 Å². The van der Waals surface area contributed by atoms with Crippen LogP contribution in [0, 0.1) is 5.41 Å². The zero-order valence-corrected chi connectivity index (χ0v) is 31.8. The van der Waals surface area contributed by atoms with Gasteiger partial charge in [-0.05, 0) is 43.2 Å². The lowest BCUT2D eigenvalue weighted by molar-refractivity contribution is -0.129. The lowest BCUT2D eigenvalue weighted by atomic mass is 9.95. The summed E-state index contributed by atoms with van der Waals surface area (Å²) < 4.78 is 5.49. The number of thiazole rings is 2. The second-order valence-electron chi connectivity index (χ2n) is 13.7. The van der Waals surface area contributed by atoms with Crippen molar-refractivity contribution >= 4 is 46.6 Å². The second kappa shape index (κ2) is 20.3. The number of alkyl carbamates (subject to hydrolysis) is 1. The number of ether oxygens (including phenoxy) is 1. The number of aromatic nitrogens is 2. The summed E-state index contributed by atoms with van der Waals surface area (Å²) in [6, 6.07) is 17.8. The monoisotopic (exact) mass is 747 g/mol. The van der Waals surface area contributed by atoms with Gasteiger partial charge in [-0.25, -0.2) is 9.59 Å². The number of hydrogen-bond donors (Lipinski definition) is 4. The van der Waals surface area contributed by atoms with Crippen molar-refractivity contribution in [3.8, 4) is 0 Å². The van der Waals surface area contributed by atoms with Gasteiger partial charge in [-0.1, -0.05) is 81.4 Å². The Labute approximate surface area is 313 Å². The summed E-state index contributed by atoms with van der Waals surface area (Å²) in [5.74, 6) is -0.508. The molecule has 0 aliphatic carbocycles. The molecule has 0 bridgehead atoms. The smallest absolute Gasteiger partial charge is 0.407 e. The molecule has 14 heteroatoms. The minimum atomic E-state index is -0.921. The normalized spacial score (nSPS) is 12.9. The Morgan fingerprint density at radius 1 is 0.769 bits per heavy atom. The van der Waals surface area contributed by atoms with Crippen LogP contribution in [0.5, 0.6) is 0 Å². The van der Waals surface area contributed by atoms with E-state index < -0.39 is 23.6 Å². The molecule has 2 heterocycles. The molecular weight excluding hydrogens is 699 g/mol. The molecule has 0 radical (unpaired) electrons. The molecule has 52 heavy (non-hydrogen) atoms. The Hall–Kier alpha value is -4.82. The van der Waals surface area contributed by atoms with Gasteiger partial charge < -0.3 is 30.9 Å². The number of urea groups is 1. The van der Waals surface area contributed by atoms with E-state index in [0.717, 1.165) is 20.9 Å². The third-order valence-corrected chi connectivity index (χ3v) is 9.77. The van der Waals surface area contributed by atoms with Crippen LogP contribution < -0.4 is 21.3 Å². The molecule has 4 rings (SSSR count). The summed E-state index contributed by atoms with van der Waals surface area (Å²) in [6.07, 6.45) is 5.21. The number of hydrogen-bond acceptors (Lipinski definition) is 9. The van der Waals surface area contributed by atoms with Crippen LogP contribution in [0.4, 0.5) is 9.59 Å². The molecule has 2 aromatic carbocycles. The Bertz CT molecular complexity index is 1670. The Kier molecular flexibility index (Phi) is 15.6. The number of amides is 5. The van der Waals surface area contributed by atoms with Crippen LogP contribution in [-0.4, -0.2) is 70.5 Å². The molecule has 3 atom stereocenters. The van der Waals surface area contributed by atoms with E-state index in [1.54, 1.807) is 30.5 Å². The van der Waals surface area contributed by atoms with Crippen molar-refractivity contribution in [1.82, 2.24) is 36.1 Å². The minimum Gasteiger partial charge on any atom is -0.444 e. The molecule has 4 aromatic rings. The van der Waals surface area contributed by atoms with E-state index in [9.17, 15) is 19.2 Å². The summed E-state index contributed by atoms with van der Waals surface area (Å²) in [5.41, 5.74) is 4.88. The molecule has 2 aromatic heterocycles. The van der Waals surface area contributed by atoms with Gasteiger partial charge >= 0.3 is 12.1 Å². The fraction of sp³-hybridized carbons (Fsp3) is 0.421. The molecule has 0 fully saturated rings. The van der Waals surface area contributed by atoms with Crippen molar-refractivity contribution in [3.05, 3.63) is 105 Å². The average Bonchev–Trinajstić information content (AvgIpc) is 3.84. The fourth-order valence-electron chi connectivity index (χ4n) is 5.36. The predicted molar refractivity (Wildman–Crippen MR) is 204 cm³/mol. The molecule has 0 saturated carbocycles. The van der Waals surface area contributed by atoms with E-state index in [4.69, 9.17) is 4.74 Å². The summed E-state index contributed by atoms with van der Waals surface area (Å²) in [7, 11) is 1.66. The Balaban J connectivity index is 1.48. The Morgan fingerprint density at radius 3 is 1.87 bits per heavy atom. The molecular formula is C38H49N7O5S2. The van der Waals surface area contributed by atoms with Crippen LogP contribution >= 0.6 is 22.7 Å². The van der Waals surface area contributed by atoms with Crippen LogP contribution in [0.25, 0.3) is 0 Å². The van der Waals surface area contributed by atoms with Crippen LogP contribution in [0.15, 0.2) is 84.1 Å². The Morgan fingerprint density at radius 2 is 1.33 bits per heavy atom. The van der Waals surface area contributed by atoms with Crippen LogP contribution in [0.3, 0.4) is 0 Å². The quantitative estimate of drug-likeness (QED) is 0.102. The summed E-state index contributed by atoms with van der Waals surface area (Å²) in [4.78, 5) is 64.2. The van der Waals surface area contributed by atoms with Crippen molar-refractivity contribution in [3.63, 3.8) is 0 Å². The first-order valence-electron chi connectivity index (χ1n) is 17.3. The topological polar surface area (TPSA) is 155 Å². The van der Waals surface area contributed by atoms with E-state index >= 15 is 0 Å². The van der Waals surface area contributed by atoms with Gasteiger partial charge in [-0.15, -0.1) is 22.7 Å². The molecule has 0 saturated heterocycles. The summed E-state index contributed by atoms with van der Waals surface area (Å²) >= 11 is 2.85. The number of nitrogens with zero attached hydrogens (tertiary/aromatic N) is 3. The van der Waals surface area contributed by atoms with E-state index in [1.807, 2.05) is 81.4 Å². The average molecular weight is 748 g/mol. The molecule has 0 spiro atoms. The first-order chi connectivity index (χ1) is 25.0. The highest BCUT2D eigenvalue weighted by atomic mass is 32.1. The molecule has 4 N–H and O–H groups in total. The van der Waals surface area contributed by atoms with E-state index in [2.05, 4.69) is 31.2 Å². The SMILES string of the molecule is CN(Cc1cncs1)C(=O)N[C@@H](CCNC(=O)C(C)(C)C)C(=O)N[C@@H](CC[C@@H](Cc1ccccc1)NC(=O)OCc1cncs1)Cc1ccccc1. The number of rotatable bonds is 18. The van der Waals surface area contributed by atoms with Crippen molar-refractivity contribution in [2.24, 2.45) is 5.41 Å². The van der Waals surface area contributed by atoms with E-state index in [1.165, 1.54) is 27.6 Å². The zero-order chi connectivity index (χ0) is 37.3. The van der Waals surface area contributed by atoms with Crippen LogP contribution in [-0.2, 0) is 40.3 Å². The van der Waals surface area contributed by atoms with Crippen LogP contribution in [0.1, 0.15) is 60.9 Å². The van der Waals surface area contributed by atoms with Gasteiger partial charge in [0.05, 0.1) is 22.4 Å². The molecule has 0 aliphatic rings. The highest BCUT2D eigenvalue weighted by Crippen LogP contribution is 2.16. The molecule has 278 valence electrons. The number of nitrogens with one attached hydrogen (secondary N) is 4. The third-order valence-electron chi connectivity index (χ3n) is 8.25. The zero-order valence-electron chi connectivity index (χ0n) is 30.2. The maximum absolute atomic E-state index is 14.0. The van der Waals surface area contributed by atoms with Gasteiger partial charge in [0, 0.05) is 48.4 Å². The maximum atomic E-state index is 14.0. The molecule has 0 unspecified atom stereocenters. The van der Waals surface area contributed by atoms with Crippen molar-refractivity contribution in [2.45, 2.75) is 84.2 Å². The van der Waals surface area contributed by atoms with Gasteiger partial charge in [0.15, 0.2) is 0 Å². The third kappa shape index (κ3) is 14.1. The predicted octanol–water partition coefficient (Wildman–Crippen LogP) is 5.71. The summed E-state index contributed by atoms with van der Waals surface area (Å²) in [5, 5.41) is 12.0. The van der Waals surface area contributed by atoms with Gasteiger partial charge in [0.2, 0.25) is 11.8 Å². The van der Waals surface area contributed by atoms with E-state index in [-0.39, 0.29) is 43.5 Å². The maximum Gasteiger partial charge on any atom is 0.407 e. The lowest BCUT2D eigenvalue weighted by Gasteiger charge is -2.27. The first kappa shape index (κ1) is 40.0. The second-order valence-corrected chi connectivity index (χ2v) is 15.6. The van der Waals surface area contributed by atoms with Gasteiger partial charge in [-0.3, -0.25) is 19.6 Å². The standard InChI is InChI=1S/C38H49N7O5S2/c1-38(2,3)35(47)41-18-17-33(44-36(48)45(4)23-31-21-39-25-51-31)34(46)42-29(19-27-11-7-5-8-12-27)15-16-30(20-28-13-9-6-10-14-28)43-37(49)50-24-32-22-40-26-52-32/h5-14,21-22,25-26,29-30,33H,15-20,23-24H2,1-4H3,(H,41,47)(H,42,46)(H,43,49)(H,44,48)/t29-,30-,33-/m0/s1. The van der Waals surface area contributed by atoms with E-state index in [0.29, 0.717) is 32.2 Å². The number of carbonyl (C=O) groups is 4. The highest BCUT2D eigenvalue weighted by molar-refractivity contribution is 7.09. The molecule has 12 nitrogen and oxygen atoms in total. The van der Waals surface area contributed by atoms with Crippen molar-refractivity contribution in [2.75, 3.05) is 13.6 Å². The fourth-order valence-corrected chi connectivity index (χ4v) is 6.51. The van der Waals surface area contributed by atoms with Crippen LogP contribution in [0.2, 0.25) is 0 Å². The lowest BCUT2D eigenvalue weighted by Crippen LogP contribution is -2.53. The molecule has 0 aliphatic heterocycles. The largest absolute Gasteiger partial charge is 0.444 e. The number of carbonyl (C=O) groups excluding carboxylic acids is 4. The first-order valence-corrected chi connectivity index (χ1v) is 19.1. The van der Waals surface area contributed by atoms with Crippen molar-refractivity contribution < 1.29 is 23.9 Å². The minimum absolute atomic E-state index is 0.129. The summed E-state index contributed by atoms with van der Waals surface area (Å²) in [6.45, 7) is 6.12. The van der Waals surface area contributed by atoms with Gasteiger partial charge in [0.1, 0.15) is 12.6 Å². The van der Waals surface area contributed by atoms with Crippen molar-refractivity contribution in [1.29, 1.82) is 0 Å². The molecule has 5 amide bonds. The number of benzene rings is 2. The highest BCUT2D eigenvalue weighted by Gasteiger charge is 2.27.